The van der Waals surface area contributed by atoms with Crippen LogP contribution in [0.1, 0.15) is 40.5 Å². The minimum absolute atomic E-state index is 0.381. The molecule has 0 bridgehead atoms. The first-order chi connectivity index (χ1) is 10.8. The number of ether oxygens (including phenoxy) is 1. The van der Waals surface area contributed by atoms with E-state index in [-0.39, 0.29) is 5.97 Å². The maximum Gasteiger partial charge on any atom is 0.339 e. The van der Waals surface area contributed by atoms with Gasteiger partial charge in [-0.05, 0) is 38.1 Å². The number of hydrogen-bond acceptors (Lipinski definition) is 6. The molecule has 2 aromatic rings. The van der Waals surface area contributed by atoms with Crippen LogP contribution in [0.5, 0.6) is 0 Å². The van der Waals surface area contributed by atoms with Gasteiger partial charge in [-0.2, -0.15) is 0 Å². The molecule has 7 heteroatoms. The van der Waals surface area contributed by atoms with Crippen LogP contribution in [0.25, 0.3) is 0 Å². The van der Waals surface area contributed by atoms with E-state index in [1.807, 2.05) is 6.20 Å². The van der Waals surface area contributed by atoms with Crippen molar-refractivity contribution in [2.75, 3.05) is 20.2 Å². The molecule has 0 saturated carbocycles. The van der Waals surface area contributed by atoms with Gasteiger partial charge >= 0.3 is 5.97 Å². The molecular formula is C15H19N5O2. The number of carbonyl (C=O) groups excluding carboxylic acids is 1. The predicted octanol–water partition coefficient (Wildman–Crippen LogP) is 0.975. The maximum absolute atomic E-state index is 11.4. The molecule has 0 atom stereocenters. The van der Waals surface area contributed by atoms with Crippen LogP contribution in [0, 0.1) is 0 Å². The minimum Gasteiger partial charge on any atom is -0.465 e. The van der Waals surface area contributed by atoms with E-state index in [4.69, 9.17) is 0 Å². The second-order valence-electron chi connectivity index (χ2n) is 5.40. The molecule has 1 aliphatic rings. The molecule has 3 heterocycles. The summed E-state index contributed by atoms with van der Waals surface area (Å²) in [5, 5.41) is 11.8. The lowest BCUT2D eigenvalue weighted by Crippen LogP contribution is -2.26. The van der Waals surface area contributed by atoms with Crippen LogP contribution in [0.2, 0.25) is 0 Å². The summed E-state index contributed by atoms with van der Waals surface area (Å²) < 4.78 is 6.44. The van der Waals surface area contributed by atoms with E-state index in [2.05, 4.69) is 25.3 Å². The van der Waals surface area contributed by atoms with Gasteiger partial charge in [-0.3, -0.25) is 4.98 Å². The van der Waals surface area contributed by atoms with Gasteiger partial charge in [-0.25, -0.2) is 9.48 Å². The predicted molar refractivity (Wildman–Crippen MR) is 79.5 cm³/mol. The molecule has 116 valence electrons. The summed E-state index contributed by atoms with van der Waals surface area (Å²) in [5.41, 5.74) is 2.32. The van der Waals surface area contributed by atoms with Gasteiger partial charge in [-0.15, -0.1) is 5.10 Å². The molecule has 1 N–H and O–H groups in total. The van der Waals surface area contributed by atoms with Gasteiger partial charge in [0.2, 0.25) is 0 Å². The van der Waals surface area contributed by atoms with Crippen LogP contribution in [0.15, 0.2) is 24.5 Å². The van der Waals surface area contributed by atoms with Crippen molar-refractivity contribution in [2.24, 2.45) is 0 Å². The lowest BCUT2D eigenvalue weighted by molar-refractivity contribution is 0.0600. The third-order valence-electron chi connectivity index (χ3n) is 3.88. The number of methoxy groups -OCH3 is 1. The standard InChI is InChI=1S/C15H19N5O2/c1-22-15(21)12-2-3-13(17-8-12)9-20-10-14(18-19-20)11-4-6-16-7-5-11/h2-3,8,10-11,16H,4-7,9H2,1H3. The van der Waals surface area contributed by atoms with Crippen molar-refractivity contribution >= 4 is 5.97 Å². The molecule has 0 unspecified atom stereocenters. The van der Waals surface area contributed by atoms with Crippen molar-refractivity contribution in [3.05, 3.63) is 41.5 Å². The molecule has 3 rings (SSSR count). The van der Waals surface area contributed by atoms with E-state index in [0.29, 0.717) is 18.0 Å². The van der Waals surface area contributed by atoms with Crippen molar-refractivity contribution in [3.63, 3.8) is 0 Å². The first kappa shape index (κ1) is 14.6. The first-order valence-corrected chi connectivity index (χ1v) is 7.40. The smallest absolute Gasteiger partial charge is 0.339 e. The summed E-state index contributed by atoms with van der Waals surface area (Å²) in [7, 11) is 1.36. The van der Waals surface area contributed by atoms with Crippen LogP contribution in [-0.2, 0) is 11.3 Å². The van der Waals surface area contributed by atoms with Crippen LogP contribution in [0.3, 0.4) is 0 Å². The van der Waals surface area contributed by atoms with Crippen LogP contribution >= 0.6 is 0 Å². The Bertz CT molecular complexity index is 632. The van der Waals surface area contributed by atoms with Crippen molar-refractivity contribution in [3.8, 4) is 0 Å². The molecule has 0 aromatic carbocycles. The zero-order valence-corrected chi connectivity index (χ0v) is 12.5. The molecule has 7 nitrogen and oxygen atoms in total. The number of nitrogens with one attached hydrogen (secondary N) is 1. The van der Waals surface area contributed by atoms with Crippen molar-refractivity contribution in [2.45, 2.75) is 25.3 Å². The molecular weight excluding hydrogens is 282 g/mol. The highest BCUT2D eigenvalue weighted by atomic mass is 16.5. The Balaban J connectivity index is 1.65. The Hall–Kier alpha value is -2.28. The number of esters is 1. The second kappa shape index (κ2) is 6.65. The Morgan fingerprint density at radius 2 is 2.23 bits per heavy atom. The summed E-state index contributed by atoms with van der Waals surface area (Å²) in [6, 6.07) is 3.51. The van der Waals surface area contributed by atoms with Gasteiger partial charge in [0.25, 0.3) is 0 Å². The van der Waals surface area contributed by atoms with E-state index in [9.17, 15) is 4.79 Å². The average molecular weight is 301 g/mol. The van der Waals surface area contributed by atoms with E-state index < -0.39 is 0 Å². The first-order valence-electron chi connectivity index (χ1n) is 7.40. The molecule has 1 aliphatic heterocycles. The number of nitrogens with zero attached hydrogens (tertiary/aromatic N) is 4. The minimum atomic E-state index is -0.381. The monoisotopic (exact) mass is 301 g/mol. The molecule has 0 radical (unpaired) electrons. The molecule has 0 aliphatic carbocycles. The molecule has 22 heavy (non-hydrogen) atoms. The number of aromatic nitrogens is 4. The summed E-state index contributed by atoms with van der Waals surface area (Å²) in [6.45, 7) is 2.61. The van der Waals surface area contributed by atoms with E-state index >= 15 is 0 Å². The van der Waals surface area contributed by atoms with Gasteiger partial charge in [0, 0.05) is 18.3 Å². The van der Waals surface area contributed by atoms with Gasteiger partial charge < -0.3 is 10.1 Å². The number of rotatable bonds is 4. The lowest BCUT2D eigenvalue weighted by Gasteiger charge is -2.19. The fourth-order valence-electron chi connectivity index (χ4n) is 2.62. The number of hydrogen-bond donors (Lipinski definition) is 1. The number of carbonyl (C=O) groups is 1. The van der Waals surface area contributed by atoms with E-state index in [0.717, 1.165) is 37.3 Å². The van der Waals surface area contributed by atoms with Gasteiger partial charge in [0.05, 0.1) is 30.6 Å². The SMILES string of the molecule is COC(=O)c1ccc(Cn2cc(C3CCNCC3)nn2)nc1. The fourth-order valence-corrected chi connectivity index (χ4v) is 2.62. The van der Waals surface area contributed by atoms with Gasteiger partial charge in [0.15, 0.2) is 0 Å². The van der Waals surface area contributed by atoms with Gasteiger partial charge in [-0.1, -0.05) is 5.21 Å². The molecule has 2 aromatic heterocycles. The van der Waals surface area contributed by atoms with Crippen molar-refractivity contribution < 1.29 is 9.53 Å². The summed E-state index contributed by atoms with van der Waals surface area (Å²) >= 11 is 0. The summed E-state index contributed by atoms with van der Waals surface area (Å²) in [5.74, 6) is 0.109. The molecule has 1 fully saturated rings. The zero-order valence-electron chi connectivity index (χ0n) is 12.5. The largest absolute Gasteiger partial charge is 0.465 e. The Morgan fingerprint density at radius 3 is 2.91 bits per heavy atom. The normalized spacial score (nSPS) is 15.7. The van der Waals surface area contributed by atoms with Crippen molar-refractivity contribution in [1.29, 1.82) is 0 Å². The molecule has 0 spiro atoms. The topological polar surface area (TPSA) is 81.9 Å². The number of piperidine rings is 1. The third kappa shape index (κ3) is 3.30. The summed E-state index contributed by atoms with van der Waals surface area (Å²) in [6.07, 6.45) is 5.72. The van der Waals surface area contributed by atoms with Crippen LogP contribution in [-0.4, -0.2) is 46.1 Å². The highest BCUT2D eigenvalue weighted by Crippen LogP contribution is 2.22. The average Bonchev–Trinajstić information content (AvgIpc) is 3.04. The van der Waals surface area contributed by atoms with Crippen LogP contribution in [0.4, 0.5) is 0 Å². The van der Waals surface area contributed by atoms with E-state index in [1.54, 1.807) is 16.8 Å². The molecule has 0 amide bonds. The molecule has 1 saturated heterocycles. The highest BCUT2D eigenvalue weighted by molar-refractivity contribution is 5.88. The zero-order chi connectivity index (χ0) is 15.4. The summed E-state index contributed by atoms with van der Waals surface area (Å²) in [4.78, 5) is 15.6. The fraction of sp³-hybridized carbons (Fsp3) is 0.467. The number of pyridine rings is 1. The maximum atomic E-state index is 11.4. The third-order valence-corrected chi connectivity index (χ3v) is 3.88. The Kier molecular flexibility index (Phi) is 4.43. The Labute approximate surface area is 128 Å². The second-order valence-corrected chi connectivity index (χ2v) is 5.40. The highest BCUT2D eigenvalue weighted by Gasteiger charge is 2.18. The van der Waals surface area contributed by atoms with Crippen molar-refractivity contribution in [1.82, 2.24) is 25.3 Å². The Morgan fingerprint density at radius 1 is 1.41 bits per heavy atom. The lowest BCUT2D eigenvalue weighted by atomic mass is 9.95. The van der Waals surface area contributed by atoms with Gasteiger partial charge in [0.1, 0.15) is 0 Å². The quantitative estimate of drug-likeness (QED) is 0.848. The van der Waals surface area contributed by atoms with E-state index in [1.165, 1.54) is 13.3 Å². The van der Waals surface area contributed by atoms with Crippen LogP contribution < -0.4 is 5.32 Å².